The zero-order valence-electron chi connectivity index (χ0n) is 25.5. The number of aliphatic hydroxyl groups is 2. The molecule has 0 saturated heterocycles. The Labute approximate surface area is 257 Å². The number of hydrogen-bond donors (Lipinski definition) is 3. The Morgan fingerprint density at radius 2 is 1.61 bits per heavy atom. The molecule has 0 aliphatic rings. The lowest BCUT2D eigenvalue weighted by molar-refractivity contribution is -0.00891. The van der Waals surface area contributed by atoms with E-state index in [1.165, 1.54) is 4.90 Å². The Balaban J connectivity index is 1.42. The number of anilines is 1. The highest BCUT2D eigenvalue weighted by Crippen LogP contribution is 2.20. The Hall–Kier alpha value is -4.67. The summed E-state index contributed by atoms with van der Waals surface area (Å²) in [6.45, 7) is 6.62. The van der Waals surface area contributed by atoms with Crippen LogP contribution in [0.5, 0.6) is 5.75 Å². The third kappa shape index (κ3) is 8.92. The fourth-order valence-electron chi connectivity index (χ4n) is 4.61. The molecule has 0 spiro atoms. The predicted octanol–water partition coefficient (Wildman–Crippen LogP) is 5.01. The average Bonchev–Trinajstić information content (AvgIpc) is 3.40. The molecule has 4 rings (SSSR count). The molecule has 0 aliphatic carbocycles. The number of nitrogens with zero attached hydrogens (tertiary/aromatic N) is 3. The second-order valence-electron chi connectivity index (χ2n) is 11.5. The van der Waals surface area contributed by atoms with Gasteiger partial charge in [-0.2, -0.15) is 5.10 Å². The molecule has 1 heterocycles. The molecule has 44 heavy (non-hydrogen) atoms. The first-order valence-corrected chi connectivity index (χ1v) is 14.5. The molecule has 0 saturated carbocycles. The van der Waals surface area contributed by atoms with Crippen LogP contribution in [0.2, 0.25) is 0 Å². The maximum Gasteiger partial charge on any atom is 0.410 e. The number of benzene rings is 3. The van der Waals surface area contributed by atoms with Gasteiger partial charge in [0.15, 0.2) is 0 Å². The molecule has 0 fully saturated rings. The van der Waals surface area contributed by atoms with Crippen molar-refractivity contribution in [3.8, 4) is 11.4 Å². The van der Waals surface area contributed by atoms with Crippen molar-refractivity contribution in [1.29, 1.82) is 0 Å². The highest BCUT2D eigenvalue weighted by molar-refractivity contribution is 6.05. The molecule has 0 bridgehead atoms. The molecule has 232 valence electrons. The number of ether oxygens (including phenoxy) is 2. The van der Waals surface area contributed by atoms with Crippen LogP contribution in [0.15, 0.2) is 91.1 Å². The molecule has 3 N–H and O–H groups in total. The Morgan fingerprint density at radius 3 is 2.23 bits per heavy atom. The zero-order chi connectivity index (χ0) is 31.7. The van der Waals surface area contributed by atoms with Crippen LogP contribution in [0.25, 0.3) is 5.69 Å². The lowest BCUT2D eigenvalue weighted by Crippen LogP contribution is -2.50. The van der Waals surface area contributed by atoms with E-state index in [-0.39, 0.29) is 25.7 Å². The molecule has 10 heteroatoms. The lowest BCUT2D eigenvalue weighted by atomic mass is 10.0. The number of para-hydroxylation sites is 2. The Morgan fingerprint density at radius 1 is 0.977 bits per heavy atom. The number of nitrogens with one attached hydrogen (secondary N) is 1. The quantitative estimate of drug-likeness (QED) is 0.209. The number of hydrogen-bond acceptors (Lipinski definition) is 7. The summed E-state index contributed by atoms with van der Waals surface area (Å²) in [4.78, 5) is 27.5. The Bertz CT molecular complexity index is 1500. The summed E-state index contributed by atoms with van der Waals surface area (Å²) >= 11 is 0. The molecule has 2 atom stereocenters. The van der Waals surface area contributed by atoms with Crippen molar-refractivity contribution in [3.05, 3.63) is 108 Å². The van der Waals surface area contributed by atoms with Gasteiger partial charge in [0.25, 0.3) is 5.91 Å². The average molecular weight is 601 g/mol. The van der Waals surface area contributed by atoms with E-state index in [2.05, 4.69) is 10.4 Å². The van der Waals surface area contributed by atoms with Crippen LogP contribution in [-0.4, -0.2) is 74.4 Å². The van der Waals surface area contributed by atoms with Crippen LogP contribution in [0.1, 0.15) is 42.4 Å². The van der Waals surface area contributed by atoms with Crippen molar-refractivity contribution in [2.24, 2.45) is 0 Å². The van der Waals surface area contributed by atoms with Crippen LogP contribution < -0.4 is 10.1 Å². The summed E-state index contributed by atoms with van der Waals surface area (Å²) in [6, 6.07) is 25.1. The molecule has 0 aliphatic heterocycles. The van der Waals surface area contributed by atoms with Crippen LogP contribution >= 0.6 is 0 Å². The summed E-state index contributed by atoms with van der Waals surface area (Å²) in [5.74, 6) is 0.315. The van der Waals surface area contributed by atoms with Gasteiger partial charge in [0.05, 0.1) is 42.3 Å². The second-order valence-corrected chi connectivity index (χ2v) is 11.5. The van der Waals surface area contributed by atoms with Gasteiger partial charge in [-0.15, -0.1) is 0 Å². The molecule has 1 aromatic heterocycles. The van der Waals surface area contributed by atoms with Gasteiger partial charge in [-0.05, 0) is 76.1 Å². The summed E-state index contributed by atoms with van der Waals surface area (Å²) in [5, 5.41) is 28.3. The zero-order valence-corrected chi connectivity index (χ0v) is 25.5. The highest BCUT2D eigenvalue weighted by Gasteiger charge is 2.30. The molecule has 10 nitrogen and oxygen atoms in total. The fraction of sp³-hybridized carbons (Fsp3) is 0.324. The number of carbonyl (C=O) groups excluding carboxylic acids is 2. The standard InChI is InChI=1S/C34H40N4O6/c1-24-31(20-35-38(24)27-11-7-5-8-12-27)32(41)36-26-17-15-25(16-18-26)19-28(22-39)37(33(42)44-34(2,3)4)21-29(40)23-43-30-13-9-6-10-14-30/h5-18,20,28-29,39-40H,19,21-23H2,1-4H3,(H,36,41)/t28-,29-/m0/s1. The lowest BCUT2D eigenvalue weighted by Gasteiger charge is -2.34. The molecule has 2 amide bonds. The number of aliphatic hydroxyl groups excluding tert-OH is 2. The van der Waals surface area contributed by atoms with Gasteiger partial charge in [0.1, 0.15) is 24.1 Å². The van der Waals surface area contributed by atoms with E-state index in [1.54, 1.807) is 55.9 Å². The van der Waals surface area contributed by atoms with E-state index in [1.807, 2.05) is 67.6 Å². The van der Waals surface area contributed by atoms with E-state index in [4.69, 9.17) is 9.47 Å². The monoisotopic (exact) mass is 600 g/mol. The van der Waals surface area contributed by atoms with Crippen LogP contribution in [-0.2, 0) is 11.2 Å². The minimum Gasteiger partial charge on any atom is -0.491 e. The van der Waals surface area contributed by atoms with Gasteiger partial charge in [-0.1, -0.05) is 48.5 Å². The molecule has 0 unspecified atom stereocenters. The normalized spacial score (nSPS) is 12.7. The summed E-state index contributed by atoms with van der Waals surface area (Å²) in [6.07, 6.45) is 0.163. The van der Waals surface area contributed by atoms with Gasteiger partial charge >= 0.3 is 6.09 Å². The van der Waals surface area contributed by atoms with Gasteiger partial charge in [0.2, 0.25) is 0 Å². The van der Waals surface area contributed by atoms with Gasteiger partial charge in [-0.3, -0.25) is 9.69 Å². The second kappa shape index (κ2) is 14.7. The van der Waals surface area contributed by atoms with E-state index in [9.17, 15) is 19.8 Å². The number of aromatic nitrogens is 2. The van der Waals surface area contributed by atoms with Crippen molar-refractivity contribution in [3.63, 3.8) is 0 Å². The van der Waals surface area contributed by atoms with Crippen LogP contribution in [0.4, 0.5) is 10.5 Å². The molecular weight excluding hydrogens is 560 g/mol. The van der Waals surface area contributed by atoms with Crippen molar-refractivity contribution >= 4 is 17.7 Å². The molecule has 3 aromatic carbocycles. The van der Waals surface area contributed by atoms with Crippen molar-refractivity contribution in [2.45, 2.75) is 51.9 Å². The first kappa shape index (κ1) is 32.2. The number of rotatable bonds is 12. The van der Waals surface area contributed by atoms with Crippen molar-refractivity contribution in [2.75, 3.05) is 25.1 Å². The number of carbonyl (C=O) groups is 2. The maximum atomic E-state index is 13.2. The minimum absolute atomic E-state index is 0.0421. The molecule has 4 aromatic rings. The van der Waals surface area contributed by atoms with Gasteiger partial charge in [0, 0.05) is 5.69 Å². The summed E-state index contributed by atoms with van der Waals surface area (Å²) in [5.41, 5.74) is 2.68. The van der Waals surface area contributed by atoms with E-state index < -0.39 is 23.8 Å². The van der Waals surface area contributed by atoms with Gasteiger partial charge in [-0.25, -0.2) is 9.48 Å². The van der Waals surface area contributed by atoms with Crippen molar-refractivity contribution < 1.29 is 29.3 Å². The van der Waals surface area contributed by atoms with Crippen LogP contribution in [0.3, 0.4) is 0 Å². The van der Waals surface area contributed by atoms with Crippen molar-refractivity contribution in [1.82, 2.24) is 14.7 Å². The summed E-state index contributed by atoms with van der Waals surface area (Å²) in [7, 11) is 0. The van der Waals surface area contributed by atoms with Gasteiger partial charge < -0.3 is 25.0 Å². The topological polar surface area (TPSA) is 126 Å². The largest absolute Gasteiger partial charge is 0.491 e. The first-order chi connectivity index (χ1) is 21.0. The maximum absolute atomic E-state index is 13.2. The molecule has 0 radical (unpaired) electrons. The highest BCUT2D eigenvalue weighted by atomic mass is 16.6. The summed E-state index contributed by atoms with van der Waals surface area (Å²) < 4.78 is 13.0. The third-order valence-electron chi connectivity index (χ3n) is 6.81. The van der Waals surface area contributed by atoms with E-state index >= 15 is 0 Å². The minimum atomic E-state index is -1.02. The Kier molecular flexibility index (Phi) is 10.8. The third-order valence-corrected chi connectivity index (χ3v) is 6.81. The number of amides is 2. The van der Waals surface area contributed by atoms with Crippen LogP contribution in [0, 0.1) is 6.92 Å². The fourth-order valence-corrected chi connectivity index (χ4v) is 4.61. The van der Waals surface area contributed by atoms with E-state index in [0.29, 0.717) is 23.4 Å². The first-order valence-electron chi connectivity index (χ1n) is 14.5. The molecular formula is C34H40N4O6. The smallest absolute Gasteiger partial charge is 0.410 e. The predicted molar refractivity (Wildman–Crippen MR) is 168 cm³/mol. The SMILES string of the molecule is Cc1c(C(=O)Nc2ccc(C[C@@H](CO)N(C[C@H](O)COc3ccccc3)C(=O)OC(C)(C)C)cc2)cnn1-c1ccccc1. The van der Waals surface area contributed by atoms with E-state index in [0.717, 1.165) is 16.9 Å².